The van der Waals surface area contributed by atoms with E-state index in [1.54, 1.807) is 6.07 Å². The first-order valence-electron chi connectivity index (χ1n) is 8.18. The number of amides is 1. The Morgan fingerprint density at radius 3 is 2.64 bits per heavy atom. The highest BCUT2D eigenvalue weighted by Crippen LogP contribution is 2.26. The number of pyridine rings is 1. The zero-order chi connectivity index (χ0) is 17.5. The molecule has 7 nitrogen and oxygen atoms in total. The van der Waals surface area contributed by atoms with Crippen LogP contribution >= 0.6 is 0 Å². The van der Waals surface area contributed by atoms with Crippen molar-refractivity contribution in [1.29, 1.82) is 0 Å². The lowest BCUT2D eigenvalue weighted by Crippen LogP contribution is -2.31. The predicted molar refractivity (Wildman–Crippen MR) is 92.8 cm³/mol. The molecular formula is C18H20N4O3. The molecule has 0 spiro atoms. The van der Waals surface area contributed by atoms with Crippen LogP contribution < -0.4 is 14.8 Å². The molecule has 25 heavy (non-hydrogen) atoms. The summed E-state index contributed by atoms with van der Waals surface area (Å²) in [5.41, 5.74) is 0.791. The van der Waals surface area contributed by atoms with Crippen LogP contribution in [0.1, 0.15) is 12.7 Å². The van der Waals surface area contributed by atoms with Crippen molar-refractivity contribution in [1.82, 2.24) is 19.9 Å². The predicted octanol–water partition coefficient (Wildman–Crippen LogP) is 1.87. The molecule has 130 valence electrons. The van der Waals surface area contributed by atoms with E-state index in [1.165, 1.54) is 0 Å². The molecule has 3 aromatic rings. The quantitative estimate of drug-likeness (QED) is 0.677. The van der Waals surface area contributed by atoms with Crippen LogP contribution in [0.25, 0.3) is 5.65 Å². The summed E-state index contributed by atoms with van der Waals surface area (Å²) in [7, 11) is 0. The number of aromatic nitrogens is 3. The Labute approximate surface area is 145 Å². The average Bonchev–Trinajstić information content (AvgIpc) is 3.05. The number of fused-ring (bicyclic) bond motifs is 1. The van der Waals surface area contributed by atoms with E-state index in [1.807, 2.05) is 53.9 Å². The van der Waals surface area contributed by atoms with Crippen molar-refractivity contribution >= 4 is 11.6 Å². The first-order chi connectivity index (χ1) is 12.3. The summed E-state index contributed by atoms with van der Waals surface area (Å²) in [6.45, 7) is 2.84. The highest BCUT2D eigenvalue weighted by Gasteiger charge is 2.08. The number of carbonyl (C=O) groups is 1. The zero-order valence-corrected chi connectivity index (χ0v) is 14.0. The molecule has 0 aliphatic carbocycles. The monoisotopic (exact) mass is 340 g/mol. The second-order valence-electron chi connectivity index (χ2n) is 5.31. The number of nitrogens with one attached hydrogen (secondary N) is 1. The summed E-state index contributed by atoms with van der Waals surface area (Å²) in [5, 5.41) is 11.0. The minimum Gasteiger partial charge on any atom is -0.490 e. The molecule has 1 N–H and O–H groups in total. The fourth-order valence-corrected chi connectivity index (χ4v) is 2.41. The third-order valence-electron chi connectivity index (χ3n) is 3.56. The molecule has 3 rings (SSSR count). The van der Waals surface area contributed by atoms with Crippen LogP contribution in [0.15, 0.2) is 48.7 Å². The second kappa shape index (κ2) is 8.14. The van der Waals surface area contributed by atoms with Crippen LogP contribution in [-0.2, 0) is 11.2 Å². The van der Waals surface area contributed by atoms with Gasteiger partial charge in [-0.1, -0.05) is 18.2 Å². The van der Waals surface area contributed by atoms with Gasteiger partial charge in [0.05, 0.1) is 6.61 Å². The van der Waals surface area contributed by atoms with Crippen LogP contribution in [0.4, 0.5) is 0 Å². The molecule has 0 atom stereocenters. The Hall–Kier alpha value is -3.09. The lowest BCUT2D eigenvalue weighted by Gasteiger charge is -2.11. The van der Waals surface area contributed by atoms with Gasteiger partial charge in [0.15, 0.2) is 23.8 Å². The number of para-hydroxylation sites is 2. The van der Waals surface area contributed by atoms with Crippen LogP contribution in [0.5, 0.6) is 11.5 Å². The van der Waals surface area contributed by atoms with E-state index in [4.69, 9.17) is 9.47 Å². The SMILES string of the molecule is CCOc1ccccc1OCC(=O)NCCc1nnc2ccccn12. The number of carbonyl (C=O) groups excluding carboxylic acids is 1. The maximum absolute atomic E-state index is 12.0. The molecule has 0 fully saturated rings. The summed E-state index contributed by atoms with van der Waals surface area (Å²) >= 11 is 0. The van der Waals surface area contributed by atoms with Gasteiger partial charge in [0.2, 0.25) is 0 Å². The largest absolute Gasteiger partial charge is 0.490 e. The molecule has 2 aromatic heterocycles. The Balaban J connectivity index is 1.47. The Kier molecular flexibility index (Phi) is 5.46. The lowest BCUT2D eigenvalue weighted by molar-refractivity contribution is -0.123. The first kappa shape index (κ1) is 16.8. The van der Waals surface area contributed by atoms with Gasteiger partial charge in [0.25, 0.3) is 5.91 Å². The lowest BCUT2D eigenvalue weighted by atomic mass is 10.3. The second-order valence-corrected chi connectivity index (χ2v) is 5.31. The molecule has 0 aliphatic heterocycles. The van der Waals surface area contributed by atoms with Gasteiger partial charge in [0, 0.05) is 19.2 Å². The van der Waals surface area contributed by atoms with Gasteiger partial charge in [-0.15, -0.1) is 10.2 Å². The fourth-order valence-electron chi connectivity index (χ4n) is 2.41. The maximum atomic E-state index is 12.0. The van der Waals surface area contributed by atoms with Crippen molar-refractivity contribution in [2.24, 2.45) is 0 Å². The van der Waals surface area contributed by atoms with E-state index in [0.29, 0.717) is 31.1 Å². The fraction of sp³-hybridized carbons (Fsp3) is 0.278. The number of ether oxygens (including phenoxy) is 2. The van der Waals surface area contributed by atoms with Crippen molar-refractivity contribution in [3.63, 3.8) is 0 Å². The summed E-state index contributed by atoms with van der Waals surface area (Å²) in [6.07, 6.45) is 2.49. The summed E-state index contributed by atoms with van der Waals surface area (Å²) in [4.78, 5) is 12.0. The van der Waals surface area contributed by atoms with Gasteiger partial charge >= 0.3 is 0 Å². The molecule has 2 heterocycles. The molecule has 0 saturated carbocycles. The third kappa shape index (κ3) is 4.26. The maximum Gasteiger partial charge on any atom is 0.257 e. The van der Waals surface area contributed by atoms with Gasteiger partial charge in [-0.25, -0.2) is 0 Å². The minimum atomic E-state index is -0.194. The topological polar surface area (TPSA) is 77.8 Å². The van der Waals surface area contributed by atoms with Crippen LogP contribution in [0, 0.1) is 0 Å². The summed E-state index contributed by atoms with van der Waals surface area (Å²) in [6, 6.07) is 13.0. The van der Waals surface area contributed by atoms with E-state index in [-0.39, 0.29) is 12.5 Å². The zero-order valence-electron chi connectivity index (χ0n) is 14.0. The normalized spacial score (nSPS) is 10.6. The van der Waals surface area contributed by atoms with Crippen molar-refractivity contribution in [3.8, 4) is 11.5 Å². The molecular weight excluding hydrogens is 320 g/mol. The van der Waals surface area contributed by atoms with E-state index in [9.17, 15) is 4.79 Å². The van der Waals surface area contributed by atoms with Crippen molar-refractivity contribution in [2.75, 3.05) is 19.8 Å². The summed E-state index contributed by atoms with van der Waals surface area (Å²) < 4.78 is 12.9. The minimum absolute atomic E-state index is 0.0648. The van der Waals surface area contributed by atoms with Gasteiger partial charge in [-0.3, -0.25) is 9.20 Å². The molecule has 0 aliphatic rings. The number of rotatable bonds is 8. The first-order valence-corrected chi connectivity index (χ1v) is 8.18. The van der Waals surface area contributed by atoms with Crippen molar-refractivity contribution in [3.05, 3.63) is 54.5 Å². The number of nitrogens with zero attached hydrogens (tertiary/aromatic N) is 3. The van der Waals surface area contributed by atoms with Crippen LogP contribution in [0.3, 0.4) is 0 Å². The van der Waals surface area contributed by atoms with Gasteiger partial charge in [-0.2, -0.15) is 0 Å². The van der Waals surface area contributed by atoms with E-state index in [2.05, 4.69) is 15.5 Å². The van der Waals surface area contributed by atoms with E-state index in [0.717, 1.165) is 11.5 Å². The van der Waals surface area contributed by atoms with Crippen molar-refractivity contribution < 1.29 is 14.3 Å². The van der Waals surface area contributed by atoms with E-state index < -0.39 is 0 Å². The number of benzene rings is 1. The number of hydrogen-bond donors (Lipinski definition) is 1. The highest BCUT2D eigenvalue weighted by molar-refractivity contribution is 5.77. The van der Waals surface area contributed by atoms with E-state index >= 15 is 0 Å². The smallest absolute Gasteiger partial charge is 0.257 e. The van der Waals surface area contributed by atoms with Crippen LogP contribution in [-0.4, -0.2) is 40.3 Å². The molecule has 1 aromatic carbocycles. The third-order valence-corrected chi connectivity index (χ3v) is 3.56. The van der Waals surface area contributed by atoms with Crippen LogP contribution in [0.2, 0.25) is 0 Å². The Bertz CT molecular complexity index is 847. The average molecular weight is 340 g/mol. The summed E-state index contributed by atoms with van der Waals surface area (Å²) in [5.74, 6) is 1.80. The highest BCUT2D eigenvalue weighted by atomic mass is 16.5. The molecule has 0 saturated heterocycles. The number of hydrogen-bond acceptors (Lipinski definition) is 5. The molecule has 0 bridgehead atoms. The molecule has 0 radical (unpaired) electrons. The van der Waals surface area contributed by atoms with Gasteiger partial charge in [-0.05, 0) is 31.2 Å². The Morgan fingerprint density at radius 1 is 1.08 bits per heavy atom. The van der Waals surface area contributed by atoms with Gasteiger partial charge in [0.1, 0.15) is 5.82 Å². The van der Waals surface area contributed by atoms with Crippen molar-refractivity contribution in [2.45, 2.75) is 13.3 Å². The molecule has 1 amide bonds. The Morgan fingerprint density at radius 2 is 1.84 bits per heavy atom. The molecule has 7 heteroatoms. The standard InChI is InChI=1S/C18H20N4O3/c1-2-24-14-7-3-4-8-15(14)25-13-18(23)19-11-10-17-21-20-16-9-5-6-12-22(16)17/h3-9,12H,2,10-11,13H2,1H3,(H,19,23). The van der Waals surface area contributed by atoms with Gasteiger partial charge < -0.3 is 14.8 Å². The molecule has 0 unspecified atom stereocenters.